The lowest BCUT2D eigenvalue weighted by Crippen LogP contribution is -2.17. The number of phenolic OH excluding ortho intramolecular Hbond substituents is 1. The summed E-state index contributed by atoms with van der Waals surface area (Å²) in [7, 11) is 0. The van der Waals surface area contributed by atoms with E-state index in [0.717, 1.165) is 12.0 Å². The van der Waals surface area contributed by atoms with E-state index in [-0.39, 0.29) is 18.4 Å². The fourth-order valence-corrected chi connectivity index (χ4v) is 1.06. The van der Waals surface area contributed by atoms with Gasteiger partial charge in [-0.2, -0.15) is 0 Å². The Morgan fingerprint density at radius 2 is 2.17 bits per heavy atom. The van der Waals surface area contributed by atoms with Gasteiger partial charge in [0.2, 0.25) is 0 Å². The Kier molecular flexibility index (Phi) is 4.71. The van der Waals surface area contributed by atoms with Crippen LogP contribution in [0.15, 0.2) is 24.3 Å². The highest BCUT2D eigenvalue weighted by atomic mass is 35.5. The molecule has 3 heteroatoms. The Balaban J connectivity index is 0.00000121. The van der Waals surface area contributed by atoms with Crippen molar-refractivity contribution in [1.29, 1.82) is 0 Å². The maximum absolute atomic E-state index is 9.09. The molecule has 1 aromatic rings. The number of rotatable bonds is 2. The van der Waals surface area contributed by atoms with Crippen molar-refractivity contribution < 1.29 is 5.11 Å². The number of phenols is 1. The molecular weight excluding hydrogens is 174 g/mol. The van der Waals surface area contributed by atoms with Crippen LogP contribution in [-0.4, -0.2) is 11.1 Å². The van der Waals surface area contributed by atoms with Gasteiger partial charge in [-0.05, 0) is 31.0 Å². The van der Waals surface area contributed by atoms with Gasteiger partial charge in [-0.25, -0.2) is 0 Å². The van der Waals surface area contributed by atoms with E-state index in [0.29, 0.717) is 5.75 Å². The Bertz CT molecular complexity index is 238. The van der Waals surface area contributed by atoms with Crippen molar-refractivity contribution in [1.82, 2.24) is 0 Å². The zero-order chi connectivity index (χ0) is 8.27. The van der Waals surface area contributed by atoms with Gasteiger partial charge >= 0.3 is 0 Å². The standard InChI is InChI=1S/C9H13NO.ClH/c1-7(10)5-8-3-2-4-9(11)6-8;/h2-4,6-7,11H,5,10H2,1H3;1H. The second-order valence-electron chi connectivity index (χ2n) is 2.85. The molecule has 0 spiro atoms. The van der Waals surface area contributed by atoms with Crippen LogP contribution in [0.25, 0.3) is 0 Å². The molecule has 1 unspecified atom stereocenters. The van der Waals surface area contributed by atoms with Crippen LogP contribution in [-0.2, 0) is 6.42 Å². The van der Waals surface area contributed by atoms with E-state index in [1.165, 1.54) is 0 Å². The molecule has 0 bridgehead atoms. The molecule has 1 aromatic carbocycles. The van der Waals surface area contributed by atoms with Gasteiger partial charge in [-0.1, -0.05) is 12.1 Å². The Morgan fingerprint density at radius 3 is 2.67 bits per heavy atom. The maximum Gasteiger partial charge on any atom is 0.115 e. The molecule has 0 aliphatic heterocycles. The fraction of sp³-hybridized carbons (Fsp3) is 0.333. The number of hydrogen-bond acceptors (Lipinski definition) is 2. The van der Waals surface area contributed by atoms with Crippen LogP contribution in [0.2, 0.25) is 0 Å². The molecule has 0 fully saturated rings. The normalized spacial score (nSPS) is 11.8. The molecule has 0 heterocycles. The first kappa shape index (κ1) is 11.3. The Morgan fingerprint density at radius 1 is 1.50 bits per heavy atom. The Hall–Kier alpha value is -0.730. The molecule has 0 radical (unpaired) electrons. The van der Waals surface area contributed by atoms with Crippen molar-refractivity contribution in [2.75, 3.05) is 0 Å². The van der Waals surface area contributed by atoms with Crippen molar-refractivity contribution in [3.8, 4) is 5.75 Å². The van der Waals surface area contributed by atoms with Crippen LogP contribution in [0.3, 0.4) is 0 Å². The molecule has 0 aromatic heterocycles. The molecule has 1 atom stereocenters. The molecular formula is C9H14ClNO. The van der Waals surface area contributed by atoms with Crippen LogP contribution < -0.4 is 5.73 Å². The van der Waals surface area contributed by atoms with Crippen molar-refractivity contribution in [2.45, 2.75) is 19.4 Å². The summed E-state index contributed by atoms with van der Waals surface area (Å²) in [4.78, 5) is 0. The lowest BCUT2D eigenvalue weighted by Gasteiger charge is -2.04. The van der Waals surface area contributed by atoms with E-state index in [1.807, 2.05) is 19.1 Å². The van der Waals surface area contributed by atoms with Gasteiger partial charge in [0, 0.05) is 6.04 Å². The Labute approximate surface area is 78.8 Å². The molecule has 2 nitrogen and oxygen atoms in total. The summed E-state index contributed by atoms with van der Waals surface area (Å²) in [5.74, 6) is 0.308. The third-order valence-corrected chi connectivity index (χ3v) is 1.47. The number of benzene rings is 1. The number of halogens is 1. The maximum atomic E-state index is 9.09. The molecule has 0 amide bonds. The van der Waals surface area contributed by atoms with Gasteiger partial charge in [-0.15, -0.1) is 12.4 Å². The summed E-state index contributed by atoms with van der Waals surface area (Å²) in [6.45, 7) is 1.95. The fourth-order valence-electron chi connectivity index (χ4n) is 1.06. The van der Waals surface area contributed by atoms with Crippen molar-refractivity contribution in [2.24, 2.45) is 5.73 Å². The lowest BCUT2D eigenvalue weighted by atomic mass is 10.1. The highest BCUT2D eigenvalue weighted by Gasteiger charge is 1.97. The average molecular weight is 188 g/mol. The third-order valence-electron chi connectivity index (χ3n) is 1.47. The molecule has 1 rings (SSSR count). The van der Waals surface area contributed by atoms with Crippen molar-refractivity contribution >= 4 is 12.4 Å². The monoisotopic (exact) mass is 187 g/mol. The average Bonchev–Trinajstić information content (AvgIpc) is 1.85. The summed E-state index contributed by atoms with van der Waals surface area (Å²) in [5.41, 5.74) is 6.68. The van der Waals surface area contributed by atoms with Crippen LogP contribution in [0.4, 0.5) is 0 Å². The summed E-state index contributed by atoms with van der Waals surface area (Å²) in [5, 5.41) is 9.09. The van der Waals surface area contributed by atoms with Crippen molar-refractivity contribution in [3.05, 3.63) is 29.8 Å². The SMILES string of the molecule is CC(N)Cc1cccc(O)c1.Cl. The number of hydrogen-bond donors (Lipinski definition) is 2. The summed E-state index contributed by atoms with van der Waals surface area (Å²) >= 11 is 0. The van der Waals surface area contributed by atoms with Gasteiger partial charge in [-0.3, -0.25) is 0 Å². The topological polar surface area (TPSA) is 46.2 Å². The van der Waals surface area contributed by atoms with Crippen LogP contribution in [0, 0.1) is 0 Å². The zero-order valence-electron chi connectivity index (χ0n) is 7.03. The van der Waals surface area contributed by atoms with Gasteiger partial charge in [0.05, 0.1) is 0 Å². The first-order valence-corrected chi connectivity index (χ1v) is 3.72. The third kappa shape index (κ3) is 3.60. The van der Waals surface area contributed by atoms with Crippen LogP contribution in [0.1, 0.15) is 12.5 Å². The van der Waals surface area contributed by atoms with E-state index in [1.54, 1.807) is 12.1 Å². The minimum Gasteiger partial charge on any atom is -0.508 e. The van der Waals surface area contributed by atoms with E-state index in [2.05, 4.69) is 0 Å². The van der Waals surface area contributed by atoms with E-state index in [9.17, 15) is 0 Å². The van der Waals surface area contributed by atoms with E-state index < -0.39 is 0 Å². The summed E-state index contributed by atoms with van der Waals surface area (Å²) in [6.07, 6.45) is 0.814. The first-order chi connectivity index (χ1) is 5.18. The second kappa shape index (κ2) is 5.01. The van der Waals surface area contributed by atoms with Gasteiger partial charge < -0.3 is 10.8 Å². The summed E-state index contributed by atoms with van der Waals surface area (Å²) < 4.78 is 0. The smallest absolute Gasteiger partial charge is 0.115 e. The first-order valence-electron chi connectivity index (χ1n) is 3.72. The lowest BCUT2D eigenvalue weighted by molar-refractivity contribution is 0.474. The van der Waals surface area contributed by atoms with Crippen LogP contribution >= 0.6 is 12.4 Å². The number of nitrogens with two attached hydrogens (primary N) is 1. The minimum absolute atomic E-state index is 0. The quantitative estimate of drug-likeness (QED) is 0.741. The van der Waals surface area contributed by atoms with Crippen LogP contribution in [0.5, 0.6) is 5.75 Å². The second-order valence-corrected chi connectivity index (χ2v) is 2.85. The zero-order valence-corrected chi connectivity index (χ0v) is 7.84. The molecule has 0 saturated heterocycles. The number of aromatic hydroxyl groups is 1. The molecule has 0 aliphatic carbocycles. The minimum atomic E-state index is 0. The molecule has 68 valence electrons. The predicted octanol–water partition coefficient (Wildman–Crippen LogP) is 1.70. The van der Waals surface area contributed by atoms with Gasteiger partial charge in [0.15, 0.2) is 0 Å². The van der Waals surface area contributed by atoms with E-state index in [4.69, 9.17) is 10.8 Å². The molecule has 12 heavy (non-hydrogen) atoms. The predicted molar refractivity (Wildman–Crippen MR) is 52.7 cm³/mol. The van der Waals surface area contributed by atoms with Crippen molar-refractivity contribution in [3.63, 3.8) is 0 Å². The van der Waals surface area contributed by atoms with E-state index >= 15 is 0 Å². The van der Waals surface area contributed by atoms with Gasteiger partial charge in [0.25, 0.3) is 0 Å². The molecule has 0 saturated carbocycles. The summed E-state index contributed by atoms with van der Waals surface area (Å²) in [6, 6.07) is 7.33. The molecule has 0 aliphatic rings. The highest BCUT2D eigenvalue weighted by molar-refractivity contribution is 5.85. The molecule has 3 N–H and O–H groups in total. The highest BCUT2D eigenvalue weighted by Crippen LogP contribution is 2.11. The largest absolute Gasteiger partial charge is 0.508 e. The van der Waals surface area contributed by atoms with Gasteiger partial charge in [0.1, 0.15) is 5.75 Å².